The molecule has 0 saturated carbocycles. The second-order valence-corrected chi connectivity index (χ2v) is 5.78. The maximum atomic E-state index is 12.1. The van der Waals surface area contributed by atoms with Crippen molar-refractivity contribution in [1.29, 1.82) is 0 Å². The summed E-state index contributed by atoms with van der Waals surface area (Å²) >= 11 is 0. The van der Waals surface area contributed by atoms with Crippen LogP contribution in [0.3, 0.4) is 0 Å². The smallest absolute Gasteiger partial charge is 0.139 e. The van der Waals surface area contributed by atoms with Crippen LogP contribution in [0.15, 0.2) is 24.7 Å². The summed E-state index contributed by atoms with van der Waals surface area (Å²) in [7, 11) is 0. The summed E-state index contributed by atoms with van der Waals surface area (Å²) < 4.78 is 19.5. The lowest BCUT2D eigenvalue weighted by Gasteiger charge is -2.27. The van der Waals surface area contributed by atoms with E-state index in [2.05, 4.69) is 20.6 Å². The lowest BCUT2D eigenvalue weighted by Crippen LogP contribution is -2.46. The Morgan fingerprint density at radius 1 is 1.30 bits per heavy atom. The van der Waals surface area contributed by atoms with Crippen LogP contribution in [0.25, 0.3) is 5.69 Å². The summed E-state index contributed by atoms with van der Waals surface area (Å²) in [6.07, 6.45) is 9.73. The average molecular weight is 319 g/mol. The molecule has 23 heavy (non-hydrogen) atoms. The number of unbranched alkanes of at least 4 members (excludes halogenated alkanes) is 2. The largest absolute Gasteiger partial charge is 0.490 e. The second kappa shape index (κ2) is 8.01. The van der Waals surface area contributed by atoms with Gasteiger partial charge >= 0.3 is 0 Å². The first-order chi connectivity index (χ1) is 11.3. The van der Waals surface area contributed by atoms with Gasteiger partial charge in [0.05, 0.1) is 36.6 Å². The van der Waals surface area contributed by atoms with Crippen molar-refractivity contribution in [2.75, 3.05) is 19.8 Å². The van der Waals surface area contributed by atoms with Gasteiger partial charge in [0, 0.05) is 12.1 Å². The van der Waals surface area contributed by atoms with Crippen LogP contribution < -0.4 is 10.1 Å². The Balaban J connectivity index is 1.56. The van der Waals surface area contributed by atoms with Crippen LogP contribution in [0, 0.1) is 0 Å². The molecule has 1 aliphatic heterocycles. The van der Waals surface area contributed by atoms with Gasteiger partial charge in [0.2, 0.25) is 0 Å². The normalized spacial score (nSPS) is 17.0. The number of alkyl halides is 1. The molecule has 124 valence electrons. The zero-order chi connectivity index (χ0) is 15.9. The number of pyridine rings is 1. The van der Waals surface area contributed by atoms with Gasteiger partial charge in [-0.2, -0.15) is 0 Å². The molecule has 0 aromatic carbocycles. The predicted molar refractivity (Wildman–Crippen MR) is 84.6 cm³/mol. The molecule has 0 radical (unpaired) electrons. The van der Waals surface area contributed by atoms with Crippen LogP contribution in [-0.4, -0.2) is 45.8 Å². The monoisotopic (exact) mass is 319 g/mol. The van der Waals surface area contributed by atoms with Gasteiger partial charge in [-0.1, -0.05) is 11.6 Å². The molecule has 0 amide bonds. The van der Waals surface area contributed by atoms with Crippen molar-refractivity contribution in [3.8, 4) is 11.4 Å². The van der Waals surface area contributed by atoms with Crippen molar-refractivity contribution in [2.45, 2.75) is 38.1 Å². The minimum absolute atomic E-state index is 0.248. The minimum Gasteiger partial charge on any atom is -0.490 e. The lowest BCUT2D eigenvalue weighted by atomic mass is 10.1. The van der Waals surface area contributed by atoms with E-state index >= 15 is 0 Å². The van der Waals surface area contributed by atoms with Crippen molar-refractivity contribution in [3.63, 3.8) is 0 Å². The molecule has 1 N–H and O–H groups in total. The van der Waals surface area contributed by atoms with Crippen LogP contribution in [-0.2, 0) is 6.42 Å². The van der Waals surface area contributed by atoms with Gasteiger partial charge in [0.15, 0.2) is 0 Å². The Labute approximate surface area is 135 Å². The van der Waals surface area contributed by atoms with E-state index in [4.69, 9.17) is 4.74 Å². The maximum Gasteiger partial charge on any atom is 0.139 e. The third-order valence-corrected chi connectivity index (χ3v) is 3.95. The number of hydrogen-bond acceptors (Lipinski definition) is 5. The Kier molecular flexibility index (Phi) is 5.52. The molecule has 0 aliphatic carbocycles. The fraction of sp³-hybridized carbons (Fsp3) is 0.562. The predicted octanol–water partition coefficient (Wildman–Crippen LogP) is 2.09. The Morgan fingerprint density at radius 2 is 2.22 bits per heavy atom. The van der Waals surface area contributed by atoms with Crippen molar-refractivity contribution >= 4 is 0 Å². The lowest BCUT2D eigenvalue weighted by molar-refractivity contribution is 0.217. The van der Waals surface area contributed by atoms with E-state index in [1.165, 1.54) is 0 Å². The van der Waals surface area contributed by atoms with E-state index in [9.17, 15) is 4.39 Å². The van der Waals surface area contributed by atoms with Crippen LogP contribution in [0.1, 0.15) is 31.4 Å². The zero-order valence-corrected chi connectivity index (χ0v) is 13.1. The fourth-order valence-electron chi connectivity index (χ4n) is 2.42. The van der Waals surface area contributed by atoms with E-state index in [-0.39, 0.29) is 6.67 Å². The highest BCUT2D eigenvalue weighted by Crippen LogP contribution is 2.16. The number of nitrogens with one attached hydrogen (secondary N) is 1. The quantitative estimate of drug-likeness (QED) is 0.717. The molecule has 1 aliphatic rings. The van der Waals surface area contributed by atoms with Gasteiger partial charge in [-0.25, -0.2) is 4.68 Å². The van der Waals surface area contributed by atoms with Crippen molar-refractivity contribution in [1.82, 2.24) is 25.3 Å². The molecule has 1 saturated heterocycles. The molecule has 0 bridgehead atoms. The molecule has 6 nitrogen and oxygen atoms in total. The molecular formula is C16H22FN5O. The number of aromatic nitrogens is 4. The summed E-state index contributed by atoms with van der Waals surface area (Å²) in [6.45, 7) is 1.48. The Bertz CT molecular complexity index is 614. The third kappa shape index (κ3) is 4.48. The number of halogens is 1. The molecule has 0 spiro atoms. The van der Waals surface area contributed by atoms with Crippen molar-refractivity contribution < 1.29 is 9.13 Å². The molecular weight excluding hydrogens is 297 g/mol. The van der Waals surface area contributed by atoms with E-state index in [0.29, 0.717) is 19.1 Å². The molecule has 2 aromatic rings. The van der Waals surface area contributed by atoms with Gasteiger partial charge in [-0.15, -0.1) is 5.10 Å². The van der Waals surface area contributed by atoms with Crippen molar-refractivity contribution in [2.24, 2.45) is 0 Å². The highest BCUT2D eigenvalue weighted by atomic mass is 19.1. The van der Waals surface area contributed by atoms with E-state index < -0.39 is 0 Å². The summed E-state index contributed by atoms with van der Waals surface area (Å²) in [6, 6.07) is 2.36. The highest BCUT2D eigenvalue weighted by molar-refractivity contribution is 5.34. The summed E-state index contributed by atoms with van der Waals surface area (Å²) in [5, 5.41) is 11.6. The maximum absolute atomic E-state index is 12.1. The van der Waals surface area contributed by atoms with Crippen molar-refractivity contribution in [3.05, 3.63) is 30.4 Å². The van der Waals surface area contributed by atoms with E-state index in [1.807, 2.05) is 12.3 Å². The SMILES string of the molecule is FCCCCCc1cn(-c2cncc(OC[C@@H]3CCN3)c2)nn1. The van der Waals surface area contributed by atoms with E-state index in [0.717, 1.165) is 49.4 Å². The molecule has 3 rings (SSSR count). The molecule has 1 atom stereocenters. The van der Waals surface area contributed by atoms with Gasteiger partial charge < -0.3 is 10.1 Å². The number of rotatable bonds is 9. The van der Waals surface area contributed by atoms with Gasteiger partial charge in [-0.05, 0) is 32.2 Å². The Hall–Kier alpha value is -2.02. The van der Waals surface area contributed by atoms with Gasteiger partial charge in [-0.3, -0.25) is 9.37 Å². The first-order valence-electron chi connectivity index (χ1n) is 8.14. The molecule has 0 unspecified atom stereocenters. The number of nitrogens with zero attached hydrogens (tertiary/aromatic N) is 4. The fourth-order valence-corrected chi connectivity index (χ4v) is 2.42. The number of aryl methyl sites for hydroxylation is 1. The summed E-state index contributed by atoms with van der Waals surface area (Å²) in [5.74, 6) is 0.733. The zero-order valence-electron chi connectivity index (χ0n) is 13.1. The minimum atomic E-state index is -0.248. The van der Waals surface area contributed by atoms with Crippen LogP contribution in [0.2, 0.25) is 0 Å². The molecule has 2 aromatic heterocycles. The third-order valence-electron chi connectivity index (χ3n) is 3.95. The van der Waals surface area contributed by atoms with Gasteiger partial charge in [0.1, 0.15) is 12.4 Å². The molecule has 7 heteroatoms. The average Bonchev–Trinajstić information content (AvgIpc) is 2.99. The number of ether oxygens (including phenoxy) is 1. The first kappa shape index (κ1) is 15.9. The Morgan fingerprint density at radius 3 is 3.00 bits per heavy atom. The summed E-state index contributed by atoms with van der Waals surface area (Å²) in [5.41, 5.74) is 1.74. The standard InChI is InChI=1S/C16H22FN5O/c17-6-3-1-2-4-13-11-22(21-20-13)15-8-16(10-18-9-15)23-12-14-5-7-19-14/h8-11,14,19H,1-7,12H2/t14-/m0/s1. The van der Waals surface area contributed by atoms with E-state index in [1.54, 1.807) is 17.1 Å². The summed E-state index contributed by atoms with van der Waals surface area (Å²) in [4.78, 5) is 4.20. The van der Waals surface area contributed by atoms with Gasteiger partial charge in [0.25, 0.3) is 0 Å². The second-order valence-electron chi connectivity index (χ2n) is 5.78. The van der Waals surface area contributed by atoms with Crippen LogP contribution >= 0.6 is 0 Å². The topological polar surface area (TPSA) is 64.9 Å². The van der Waals surface area contributed by atoms with Crippen LogP contribution in [0.5, 0.6) is 5.75 Å². The highest BCUT2D eigenvalue weighted by Gasteiger charge is 2.16. The number of hydrogen-bond donors (Lipinski definition) is 1. The molecule has 3 heterocycles. The first-order valence-corrected chi connectivity index (χ1v) is 8.14. The molecule has 1 fully saturated rings. The van der Waals surface area contributed by atoms with Crippen LogP contribution in [0.4, 0.5) is 4.39 Å².